The van der Waals surface area contributed by atoms with Gasteiger partial charge >= 0.3 is 5.97 Å². The summed E-state index contributed by atoms with van der Waals surface area (Å²) in [6.07, 6.45) is 0.270. The highest BCUT2D eigenvalue weighted by Gasteiger charge is 2.21. The average molecular weight is 271 g/mol. The Morgan fingerprint density at radius 1 is 1.32 bits per heavy atom. The zero-order valence-corrected chi connectivity index (χ0v) is 10.7. The Morgan fingerprint density at radius 3 is 2.47 bits per heavy atom. The zero-order valence-electron chi connectivity index (χ0n) is 10.7. The number of carboxylic acids is 1. The molecule has 19 heavy (non-hydrogen) atoms. The number of halogens is 2. The van der Waals surface area contributed by atoms with E-state index in [2.05, 4.69) is 0 Å². The average Bonchev–Trinajstić information content (AvgIpc) is 2.37. The van der Waals surface area contributed by atoms with Crippen molar-refractivity contribution in [1.29, 1.82) is 0 Å². The Morgan fingerprint density at radius 2 is 1.95 bits per heavy atom. The summed E-state index contributed by atoms with van der Waals surface area (Å²) in [5.41, 5.74) is 0.489. The fraction of sp³-hybridized carbons (Fsp3) is 0.385. The van der Waals surface area contributed by atoms with Gasteiger partial charge in [-0.1, -0.05) is 6.07 Å². The molecule has 1 aromatic carbocycles. The van der Waals surface area contributed by atoms with Crippen LogP contribution in [0.5, 0.6) is 0 Å². The van der Waals surface area contributed by atoms with E-state index in [0.29, 0.717) is 5.56 Å². The number of nitrogens with zero attached hydrogens (tertiary/aromatic N) is 1. The van der Waals surface area contributed by atoms with Gasteiger partial charge in [-0.05, 0) is 31.0 Å². The van der Waals surface area contributed by atoms with Gasteiger partial charge in [-0.2, -0.15) is 0 Å². The third-order valence-electron chi connectivity index (χ3n) is 2.94. The van der Waals surface area contributed by atoms with E-state index in [4.69, 9.17) is 5.11 Å². The van der Waals surface area contributed by atoms with Gasteiger partial charge in [0.15, 0.2) is 11.6 Å². The predicted molar refractivity (Wildman–Crippen MR) is 64.5 cm³/mol. The van der Waals surface area contributed by atoms with Crippen molar-refractivity contribution in [3.8, 4) is 0 Å². The summed E-state index contributed by atoms with van der Waals surface area (Å²) in [5.74, 6) is -3.35. The number of amides is 1. The molecule has 0 heterocycles. The van der Waals surface area contributed by atoms with Crippen molar-refractivity contribution in [2.75, 3.05) is 7.05 Å². The van der Waals surface area contributed by atoms with Crippen molar-refractivity contribution in [2.24, 2.45) is 0 Å². The number of benzene rings is 1. The molecule has 0 aliphatic carbocycles. The minimum atomic E-state index is -1.09. The second-order valence-electron chi connectivity index (χ2n) is 4.27. The third kappa shape index (κ3) is 4.01. The standard InChI is InChI=1S/C13H15F2NO3/c1-8(13(18)19)16(2)12(17)6-4-9-3-5-10(14)11(15)7-9/h3,5,7-8H,4,6H2,1-2H3,(H,18,19). The van der Waals surface area contributed by atoms with Gasteiger partial charge in [0.05, 0.1) is 0 Å². The molecule has 0 bridgehead atoms. The van der Waals surface area contributed by atoms with Crippen molar-refractivity contribution in [3.63, 3.8) is 0 Å². The quantitative estimate of drug-likeness (QED) is 0.888. The first kappa shape index (κ1) is 15.1. The first-order chi connectivity index (χ1) is 8.82. The molecule has 0 aliphatic heterocycles. The number of carboxylic acid groups (broad SMARTS) is 1. The monoisotopic (exact) mass is 271 g/mol. The number of carbonyl (C=O) groups is 2. The molecule has 0 aromatic heterocycles. The van der Waals surface area contributed by atoms with E-state index in [-0.39, 0.29) is 18.7 Å². The first-order valence-electron chi connectivity index (χ1n) is 5.75. The molecule has 1 amide bonds. The Balaban J connectivity index is 2.59. The van der Waals surface area contributed by atoms with E-state index in [0.717, 1.165) is 17.0 Å². The van der Waals surface area contributed by atoms with Crippen LogP contribution in [0.25, 0.3) is 0 Å². The molecule has 0 fully saturated rings. The van der Waals surface area contributed by atoms with Gasteiger partial charge in [0.2, 0.25) is 5.91 Å². The van der Waals surface area contributed by atoms with Crippen LogP contribution in [0, 0.1) is 11.6 Å². The van der Waals surface area contributed by atoms with E-state index in [1.807, 2.05) is 0 Å². The highest BCUT2D eigenvalue weighted by molar-refractivity contribution is 5.83. The van der Waals surface area contributed by atoms with Gasteiger partial charge in [0.25, 0.3) is 0 Å². The van der Waals surface area contributed by atoms with Crippen LogP contribution in [0.2, 0.25) is 0 Å². The fourth-order valence-corrected chi connectivity index (χ4v) is 1.50. The predicted octanol–water partition coefficient (Wildman–Crippen LogP) is 1.83. The number of rotatable bonds is 5. The van der Waals surface area contributed by atoms with Crippen LogP contribution < -0.4 is 0 Å². The van der Waals surface area contributed by atoms with Crippen molar-refractivity contribution < 1.29 is 23.5 Å². The largest absolute Gasteiger partial charge is 0.480 e. The van der Waals surface area contributed by atoms with E-state index in [1.54, 1.807) is 0 Å². The minimum absolute atomic E-state index is 0.0409. The fourth-order valence-electron chi connectivity index (χ4n) is 1.50. The van der Waals surface area contributed by atoms with Gasteiger partial charge in [-0.25, -0.2) is 13.6 Å². The van der Waals surface area contributed by atoms with E-state index >= 15 is 0 Å². The number of carbonyl (C=O) groups excluding carboxylic acids is 1. The molecule has 1 rings (SSSR count). The lowest BCUT2D eigenvalue weighted by atomic mass is 10.1. The minimum Gasteiger partial charge on any atom is -0.480 e. The lowest BCUT2D eigenvalue weighted by Gasteiger charge is -2.21. The lowest BCUT2D eigenvalue weighted by molar-refractivity contribution is -0.148. The van der Waals surface area contributed by atoms with Crippen LogP contribution in [-0.4, -0.2) is 35.0 Å². The van der Waals surface area contributed by atoms with Gasteiger partial charge < -0.3 is 10.0 Å². The molecule has 0 aliphatic rings. The van der Waals surface area contributed by atoms with Gasteiger partial charge in [-0.3, -0.25) is 4.79 Å². The Labute approximate surface area is 109 Å². The molecule has 1 atom stereocenters. The summed E-state index contributed by atoms with van der Waals surface area (Å²) in [5, 5.41) is 8.77. The van der Waals surface area contributed by atoms with Crippen LogP contribution in [0.1, 0.15) is 18.9 Å². The molecular weight excluding hydrogens is 256 g/mol. The lowest BCUT2D eigenvalue weighted by Crippen LogP contribution is -2.40. The maximum Gasteiger partial charge on any atom is 0.326 e. The van der Waals surface area contributed by atoms with E-state index in [1.165, 1.54) is 20.0 Å². The summed E-state index contributed by atoms with van der Waals surface area (Å²) in [6, 6.07) is 2.51. The molecule has 1 unspecified atom stereocenters. The number of likely N-dealkylation sites (N-methyl/N-ethyl adjacent to an activating group) is 1. The van der Waals surface area contributed by atoms with Crippen LogP contribution >= 0.6 is 0 Å². The maximum atomic E-state index is 12.9. The van der Waals surface area contributed by atoms with E-state index in [9.17, 15) is 18.4 Å². The Bertz CT molecular complexity index is 491. The molecule has 0 spiro atoms. The second-order valence-corrected chi connectivity index (χ2v) is 4.27. The molecule has 0 radical (unpaired) electrons. The number of hydrogen-bond donors (Lipinski definition) is 1. The number of hydrogen-bond acceptors (Lipinski definition) is 2. The molecule has 1 aromatic rings. The molecule has 4 nitrogen and oxygen atoms in total. The number of aliphatic carboxylic acids is 1. The van der Waals surface area contributed by atoms with E-state index < -0.39 is 23.6 Å². The molecule has 0 saturated heterocycles. The Hall–Kier alpha value is -1.98. The van der Waals surface area contributed by atoms with Gasteiger partial charge in [0.1, 0.15) is 6.04 Å². The van der Waals surface area contributed by atoms with Crippen molar-refractivity contribution >= 4 is 11.9 Å². The summed E-state index contributed by atoms with van der Waals surface area (Å²) >= 11 is 0. The SMILES string of the molecule is CC(C(=O)O)N(C)C(=O)CCc1ccc(F)c(F)c1. The smallest absolute Gasteiger partial charge is 0.326 e. The number of aryl methyl sites for hydroxylation is 1. The topological polar surface area (TPSA) is 57.6 Å². The van der Waals surface area contributed by atoms with Crippen molar-refractivity contribution in [1.82, 2.24) is 4.90 Å². The molecular formula is C13H15F2NO3. The van der Waals surface area contributed by atoms with Gasteiger partial charge in [-0.15, -0.1) is 0 Å². The summed E-state index contributed by atoms with van der Waals surface area (Å²) in [4.78, 5) is 23.5. The molecule has 104 valence electrons. The molecule has 1 N–H and O–H groups in total. The summed E-state index contributed by atoms with van der Waals surface area (Å²) in [6.45, 7) is 1.40. The van der Waals surface area contributed by atoms with Crippen molar-refractivity contribution in [2.45, 2.75) is 25.8 Å². The van der Waals surface area contributed by atoms with Crippen LogP contribution in [-0.2, 0) is 16.0 Å². The highest BCUT2D eigenvalue weighted by Crippen LogP contribution is 2.11. The molecule has 0 saturated carbocycles. The second kappa shape index (κ2) is 6.26. The zero-order chi connectivity index (χ0) is 14.6. The third-order valence-corrected chi connectivity index (χ3v) is 2.94. The summed E-state index contributed by atoms with van der Waals surface area (Å²) < 4.78 is 25.7. The van der Waals surface area contributed by atoms with Crippen LogP contribution in [0.15, 0.2) is 18.2 Å². The van der Waals surface area contributed by atoms with Crippen LogP contribution in [0.3, 0.4) is 0 Å². The first-order valence-corrected chi connectivity index (χ1v) is 5.75. The van der Waals surface area contributed by atoms with Crippen LogP contribution in [0.4, 0.5) is 8.78 Å². The Kier molecular flexibility index (Phi) is 4.97. The normalized spacial score (nSPS) is 12.0. The highest BCUT2D eigenvalue weighted by atomic mass is 19.2. The van der Waals surface area contributed by atoms with Crippen molar-refractivity contribution in [3.05, 3.63) is 35.4 Å². The summed E-state index contributed by atoms with van der Waals surface area (Å²) in [7, 11) is 1.40. The maximum absolute atomic E-state index is 12.9. The molecule has 6 heteroatoms. The van der Waals surface area contributed by atoms with Gasteiger partial charge in [0, 0.05) is 13.5 Å².